The maximum atomic E-state index is 10.6. The smallest absolute Gasteiger partial charge is 0.104 e. The quantitative estimate of drug-likeness (QED) is 0.760. The third kappa shape index (κ3) is 2.30. The Hall–Kier alpha value is -2.19. The molecule has 0 aliphatic carbocycles. The lowest BCUT2D eigenvalue weighted by atomic mass is 9.95. The standard InChI is InChI=1S/C18H17NO/c1-12-5-6-13(2)16(10-12)18(20)15-8-7-14-4-3-9-19-17(14)11-15/h3-11,18,20H,1-2H3. The van der Waals surface area contributed by atoms with Crippen LogP contribution < -0.4 is 0 Å². The molecule has 1 heterocycles. The Bertz CT molecular complexity index is 764. The Kier molecular flexibility index (Phi) is 3.25. The summed E-state index contributed by atoms with van der Waals surface area (Å²) in [6, 6.07) is 16.0. The van der Waals surface area contributed by atoms with Crippen molar-refractivity contribution in [3.63, 3.8) is 0 Å². The minimum atomic E-state index is -0.610. The maximum absolute atomic E-state index is 10.6. The Labute approximate surface area is 118 Å². The fourth-order valence-corrected chi connectivity index (χ4v) is 2.49. The van der Waals surface area contributed by atoms with E-state index in [1.165, 1.54) is 0 Å². The fourth-order valence-electron chi connectivity index (χ4n) is 2.49. The second-order valence-electron chi connectivity index (χ2n) is 5.22. The van der Waals surface area contributed by atoms with Crippen LogP contribution in [0.15, 0.2) is 54.7 Å². The van der Waals surface area contributed by atoms with E-state index in [4.69, 9.17) is 0 Å². The number of fused-ring (bicyclic) bond motifs is 1. The van der Waals surface area contributed by atoms with Gasteiger partial charge in [-0.05, 0) is 42.7 Å². The molecule has 0 aliphatic rings. The molecule has 2 nitrogen and oxygen atoms in total. The molecule has 0 radical (unpaired) electrons. The molecule has 0 fully saturated rings. The lowest BCUT2D eigenvalue weighted by Crippen LogP contribution is -2.02. The summed E-state index contributed by atoms with van der Waals surface area (Å²) in [5.74, 6) is 0. The molecular weight excluding hydrogens is 246 g/mol. The predicted molar refractivity (Wildman–Crippen MR) is 81.7 cm³/mol. The van der Waals surface area contributed by atoms with Crippen LogP contribution in [0.4, 0.5) is 0 Å². The highest BCUT2D eigenvalue weighted by atomic mass is 16.3. The van der Waals surface area contributed by atoms with Gasteiger partial charge in [-0.1, -0.05) is 42.0 Å². The fraction of sp³-hybridized carbons (Fsp3) is 0.167. The number of aryl methyl sites for hydroxylation is 2. The van der Waals surface area contributed by atoms with Gasteiger partial charge in [0.25, 0.3) is 0 Å². The normalized spacial score (nSPS) is 12.6. The summed E-state index contributed by atoms with van der Waals surface area (Å²) in [5, 5.41) is 11.7. The molecule has 2 heteroatoms. The molecule has 20 heavy (non-hydrogen) atoms. The average Bonchev–Trinajstić information content (AvgIpc) is 2.48. The van der Waals surface area contributed by atoms with Crippen molar-refractivity contribution in [2.75, 3.05) is 0 Å². The molecule has 0 aliphatic heterocycles. The summed E-state index contributed by atoms with van der Waals surface area (Å²) in [6.07, 6.45) is 1.16. The molecule has 0 spiro atoms. The molecule has 1 atom stereocenters. The van der Waals surface area contributed by atoms with E-state index in [-0.39, 0.29) is 0 Å². The lowest BCUT2D eigenvalue weighted by molar-refractivity contribution is 0.219. The number of nitrogens with zero attached hydrogens (tertiary/aromatic N) is 1. The van der Waals surface area contributed by atoms with Gasteiger partial charge < -0.3 is 5.11 Å². The van der Waals surface area contributed by atoms with E-state index in [1.54, 1.807) is 6.20 Å². The summed E-state index contributed by atoms with van der Waals surface area (Å²) in [6.45, 7) is 4.06. The van der Waals surface area contributed by atoms with Gasteiger partial charge in [-0.15, -0.1) is 0 Å². The second kappa shape index (κ2) is 5.06. The first-order valence-electron chi connectivity index (χ1n) is 6.75. The largest absolute Gasteiger partial charge is 0.384 e. The average molecular weight is 263 g/mol. The van der Waals surface area contributed by atoms with Gasteiger partial charge in [-0.3, -0.25) is 4.98 Å². The van der Waals surface area contributed by atoms with Gasteiger partial charge >= 0.3 is 0 Å². The first-order chi connectivity index (χ1) is 9.65. The van der Waals surface area contributed by atoms with Crippen molar-refractivity contribution in [3.8, 4) is 0 Å². The highest BCUT2D eigenvalue weighted by Gasteiger charge is 2.13. The van der Waals surface area contributed by atoms with Crippen molar-refractivity contribution in [2.45, 2.75) is 20.0 Å². The third-order valence-electron chi connectivity index (χ3n) is 3.68. The molecule has 1 aromatic heterocycles. The molecule has 0 bridgehead atoms. The summed E-state index contributed by atoms with van der Waals surface area (Å²) in [4.78, 5) is 4.35. The van der Waals surface area contributed by atoms with Gasteiger partial charge in [0.1, 0.15) is 6.10 Å². The number of rotatable bonds is 2. The molecule has 3 aromatic rings. The van der Waals surface area contributed by atoms with Crippen molar-refractivity contribution >= 4 is 10.9 Å². The third-order valence-corrected chi connectivity index (χ3v) is 3.68. The first-order valence-corrected chi connectivity index (χ1v) is 6.75. The molecule has 1 unspecified atom stereocenters. The summed E-state index contributed by atoms with van der Waals surface area (Å²) >= 11 is 0. The van der Waals surface area contributed by atoms with E-state index < -0.39 is 6.10 Å². The molecule has 3 rings (SSSR count). The minimum Gasteiger partial charge on any atom is -0.384 e. The van der Waals surface area contributed by atoms with Crippen LogP contribution in [-0.4, -0.2) is 10.1 Å². The number of aromatic nitrogens is 1. The van der Waals surface area contributed by atoms with Crippen molar-refractivity contribution < 1.29 is 5.11 Å². The van der Waals surface area contributed by atoms with Crippen LogP contribution in [-0.2, 0) is 0 Å². The van der Waals surface area contributed by atoms with Gasteiger partial charge in [0.05, 0.1) is 5.52 Å². The van der Waals surface area contributed by atoms with Crippen molar-refractivity contribution in [1.82, 2.24) is 4.98 Å². The number of hydrogen-bond donors (Lipinski definition) is 1. The minimum absolute atomic E-state index is 0.610. The van der Waals surface area contributed by atoms with E-state index in [0.717, 1.165) is 33.2 Å². The van der Waals surface area contributed by atoms with Crippen LogP contribution in [0.1, 0.15) is 28.4 Å². The van der Waals surface area contributed by atoms with Gasteiger partial charge in [0.15, 0.2) is 0 Å². The Balaban J connectivity index is 2.07. The van der Waals surface area contributed by atoms with E-state index in [9.17, 15) is 5.11 Å². The van der Waals surface area contributed by atoms with Crippen LogP contribution in [0, 0.1) is 13.8 Å². The topological polar surface area (TPSA) is 33.1 Å². The first kappa shape index (κ1) is 12.8. The van der Waals surface area contributed by atoms with Gasteiger partial charge in [-0.2, -0.15) is 0 Å². The Morgan fingerprint density at radius 2 is 1.85 bits per heavy atom. The molecule has 100 valence electrons. The molecule has 2 aromatic carbocycles. The van der Waals surface area contributed by atoms with Gasteiger partial charge in [0.2, 0.25) is 0 Å². The summed E-state index contributed by atoms with van der Waals surface area (Å²) < 4.78 is 0. The van der Waals surface area contributed by atoms with Crippen LogP contribution in [0.5, 0.6) is 0 Å². The predicted octanol–water partition coefficient (Wildman–Crippen LogP) is 3.93. The summed E-state index contributed by atoms with van der Waals surface area (Å²) in [7, 11) is 0. The van der Waals surface area contributed by atoms with Crippen LogP contribution in [0.2, 0.25) is 0 Å². The maximum Gasteiger partial charge on any atom is 0.104 e. The number of benzene rings is 2. The van der Waals surface area contributed by atoms with E-state index >= 15 is 0 Å². The van der Waals surface area contributed by atoms with E-state index in [0.29, 0.717) is 0 Å². The zero-order valence-corrected chi connectivity index (χ0v) is 11.7. The highest BCUT2D eigenvalue weighted by molar-refractivity contribution is 5.79. The van der Waals surface area contributed by atoms with Crippen LogP contribution in [0.3, 0.4) is 0 Å². The molecule has 0 saturated heterocycles. The van der Waals surface area contributed by atoms with Gasteiger partial charge in [-0.25, -0.2) is 0 Å². The lowest BCUT2D eigenvalue weighted by Gasteiger charge is -2.15. The monoisotopic (exact) mass is 263 g/mol. The molecular formula is C18H17NO. The number of aliphatic hydroxyl groups is 1. The van der Waals surface area contributed by atoms with E-state index in [2.05, 4.69) is 11.1 Å². The van der Waals surface area contributed by atoms with E-state index in [1.807, 2.05) is 56.3 Å². The Morgan fingerprint density at radius 3 is 2.70 bits per heavy atom. The number of pyridine rings is 1. The van der Waals surface area contributed by atoms with Crippen molar-refractivity contribution in [3.05, 3.63) is 77.0 Å². The Morgan fingerprint density at radius 1 is 1.00 bits per heavy atom. The van der Waals surface area contributed by atoms with Crippen LogP contribution in [0.25, 0.3) is 10.9 Å². The molecule has 0 amide bonds. The summed E-state index contributed by atoms with van der Waals surface area (Å²) in [5.41, 5.74) is 5.01. The number of hydrogen-bond acceptors (Lipinski definition) is 2. The second-order valence-corrected chi connectivity index (χ2v) is 5.22. The molecule has 0 saturated carbocycles. The van der Waals surface area contributed by atoms with Crippen molar-refractivity contribution in [1.29, 1.82) is 0 Å². The number of aliphatic hydroxyl groups excluding tert-OH is 1. The molecule has 1 N–H and O–H groups in total. The van der Waals surface area contributed by atoms with Crippen LogP contribution >= 0.6 is 0 Å². The SMILES string of the molecule is Cc1ccc(C)c(C(O)c2ccc3cccnc3c2)c1. The zero-order valence-electron chi connectivity index (χ0n) is 11.7. The van der Waals surface area contributed by atoms with Crippen molar-refractivity contribution in [2.24, 2.45) is 0 Å². The van der Waals surface area contributed by atoms with Gasteiger partial charge in [0, 0.05) is 11.6 Å². The highest BCUT2D eigenvalue weighted by Crippen LogP contribution is 2.27. The zero-order chi connectivity index (χ0) is 14.1.